The van der Waals surface area contributed by atoms with Crippen LogP contribution in [0.4, 0.5) is 5.69 Å². The van der Waals surface area contributed by atoms with Crippen molar-refractivity contribution in [2.75, 3.05) is 16.6 Å². The summed E-state index contributed by atoms with van der Waals surface area (Å²) in [5.74, 6) is 0.201. The number of carbonyl (C=O) groups is 1. The Balaban J connectivity index is 1.88. The zero-order valence-electron chi connectivity index (χ0n) is 14.6. The van der Waals surface area contributed by atoms with Crippen LogP contribution < -0.4 is 9.04 Å². The first kappa shape index (κ1) is 17.5. The summed E-state index contributed by atoms with van der Waals surface area (Å²) in [7, 11) is -3.28. The van der Waals surface area contributed by atoms with Crippen LogP contribution in [0.25, 0.3) is 0 Å². The van der Waals surface area contributed by atoms with E-state index in [0.29, 0.717) is 30.0 Å². The van der Waals surface area contributed by atoms with E-state index in [1.165, 1.54) is 4.31 Å². The van der Waals surface area contributed by atoms with Gasteiger partial charge in [0.1, 0.15) is 5.75 Å². The Hall–Kier alpha value is -2.34. The molecule has 0 N–H and O–H groups in total. The number of aryl methyl sites for hydroxylation is 3. The molecule has 1 saturated heterocycles. The van der Waals surface area contributed by atoms with Crippen molar-refractivity contribution >= 4 is 21.7 Å². The van der Waals surface area contributed by atoms with E-state index in [4.69, 9.17) is 4.74 Å². The van der Waals surface area contributed by atoms with Gasteiger partial charge in [-0.1, -0.05) is 23.8 Å². The van der Waals surface area contributed by atoms with Crippen LogP contribution >= 0.6 is 0 Å². The molecule has 0 saturated carbocycles. The summed E-state index contributed by atoms with van der Waals surface area (Å²) in [5.41, 5.74) is 3.73. The second-order valence-electron chi connectivity index (χ2n) is 6.41. The van der Waals surface area contributed by atoms with Gasteiger partial charge in [0.15, 0.2) is 0 Å². The maximum atomic E-state index is 12.5. The maximum Gasteiger partial charge on any atom is 0.343 e. The van der Waals surface area contributed by atoms with Crippen LogP contribution in [-0.2, 0) is 10.0 Å². The fourth-order valence-corrected chi connectivity index (χ4v) is 4.75. The van der Waals surface area contributed by atoms with Crippen LogP contribution in [0.3, 0.4) is 0 Å². The molecule has 0 amide bonds. The third-order valence-corrected chi connectivity index (χ3v) is 6.14. The summed E-state index contributed by atoms with van der Waals surface area (Å²) in [6.07, 6.45) is 0.596. The Bertz CT molecular complexity index is 911. The van der Waals surface area contributed by atoms with Crippen LogP contribution in [0.15, 0.2) is 36.4 Å². The highest BCUT2D eigenvalue weighted by Crippen LogP contribution is 2.28. The number of hydrogen-bond donors (Lipinski definition) is 0. The molecule has 0 radical (unpaired) electrons. The van der Waals surface area contributed by atoms with E-state index in [2.05, 4.69) is 0 Å². The quantitative estimate of drug-likeness (QED) is 0.623. The van der Waals surface area contributed by atoms with Crippen molar-refractivity contribution in [1.29, 1.82) is 0 Å². The number of rotatable bonds is 3. The van der Waals surface area contributed by atoms with Gasteiger partial charge in [0.25, 0.3) is 0 Å². The molecule has 2 aromatic rings. The lowest BCUT2D eigenvalue weighted by atomic mass is 10.1. The van der Waals surface area contributed by atoms with E-state index in [0.717, 1.165) is 16.7 Å². The zero-order valence-corrected chi connectivity index (χ0v) is 15.4. The number of nitrogens with zero attached hydrogens (tertiary/aromatic N) is 1. The van der Waals surface area contributed by atoms with Crippen molar-refractivity contribution in [2.45, 2.75) is 27.2 Å². The number of carbonyl (C=O) groups excluding carboxylic acids is 1. The van der Waals surface area contributed by atoms with E-state index < -0.39 is 16.0 Å². The van der Waals surface area contributed by atoms with Crippen molar-refractivity contribution in [2.24, 2.45) is 0 Å². The van der Waals surface area contributed by atoms with Gasteiger partial charge in [-0.25, -0.2) is 13.2 Å². The molecule has 0 unspecified atom stereocenters. The number of anilines is 1. The summed E-state index contributed by atoms with van der Waals surface area (Å²) in [6, 6.07) is 10.5. The highest BCUT2D eigenvalue weighted by molar-refractivity contribution is 7.93. The minimum Gasteiger partial charge on any atom is -0.422 e. The van der Waals surface area contributed by atoms with Gasteiger partial charge in [-0.15, -0.1) is 0 Å². The molecular formula is C19H21NO4S. The Morgan fingerprint density at radius 1 is 1.08 bits per heavy atom. The SMILES string of the molecule is Cc1cc(C)c(OC(=O)c2cccc(N3CCCS3(=O)=O)c2)c(C)c1. The highest BCUT2D eigenvalue weighted by Gasteiger charge is 2.28. The van der Waals surface area contributed by atoms with Gasteiger partial charge in [-0.3, -0.25) is 4.31 Å². The molecular weight excluding hydrogens is 338 g/mol. The average molecular weight is 359 g/mol. The summed E-state index contributed by atoms with van der Waals surface area (Å²) in [5, 5.41) is 0. The normalized spacial score (nSPS) is 16.0. The van der Waals surface area contributed by atoms with Crippen LogP contribution in [0, 0.1) is 20.8 Å². The van der Waals surface area contributed by atoms with E-state index in [1.807, 2.05) is 32.9 Å². The lowest BCUT2D eigenvalue weighted by Gasteiger charge is -2.17. The van der Waals surface area contributed by atoms with Crippen LogP contribution in [-0.4, -0.2) is 26.7 Å². The molecule has 0 atom stereocenters. The largest absolute Gasteiger partial charge is 0.422 e. The fourth-order valence-electron chi connectivity index (χ4n) is 3.20. The number of sulfonamides is 1. The monoisotopic (exact) mass is 359 g/mol. The highest BCUT2D eigenvalue weighted by atomic mass is 32.2. The van der Waals surface area contributed by atoms with E-state index >= 15 is 0 Å². The van der Waals surface area contributed by atoms with Crippen molar-refractivity contribution < 1.29 is 17.9 Å². The maximum absolute atomic E-state index is 12.5. The molecule has 3 rings (SSSR count). The Labute approximate surface area is 148 Å². The molecule has 1 heterocycles. The summed E-state index contributed by atoms with van der Waals surface area (Å²) < 4.78 is 31.1. The van der Waals surface area contributed by atoms with Gasteiger partial charge < -0.3 is 4.74 Å². The number of esters is 1. The van der Waals surface area contributed by atoms with Crippen LogP contribution in [0.2, 0.25) is 0 Å². The van der Waals surface area contributed by atoms with Gasteiger partial charge in [0, 0.05) is 6.54 Å². The Morgan fingerprint density at radius 3 is 2.36 bits per heavy atom. The Morgan fingerprint density at radius 2 is 1.76 bits per heavy atom. The van der Waals surface area contributed by atoms with Gasteiger partial charge in [-0.2, -0.15) is 0 Å². The number of benzene rings is 2. The first-order chi connectivity index (χ1) is 11.8. The zero-order chi connectivity index (χ0) is 18.2. The summed E-state index contributed by atoms with van der Waals surface area (Å²) in [6.45, 7) is 6.23. The molecule has 1 fully saturated rings. The van der Waals surface area contributed by atoms with Crippen molar-refractivity contribution in [3.05, 3.63) is 58.7 Å². The molecule has 1 aliphatic rings. The summed E-state index contributed by atoms with van der Waals surface area (Å²) in [4.78, 5) is 12.5. The van der Waals surface area contributed by atoms with Crippen LogP contribution in [0.5, 0.6) is 5.75 Å². The second-order valence-corrected chi connectivity index (χ2v) is 8.42. The molecule has 0 spiro atoms. The van der Waals surface area contributed by atoms with E-state index in [9.17, 15) is 13.2 Å². The van der Waals surface area contributed by atoms with E-state index in [1.54, 1.807) is 24.3 Å². The summed E-state index contributed by atoms with van der Waals surface area (Å²) >= 11 is 0. The molecule has 0 aliphatic carbocycles. The lowest BCUT2D eigenvalue weighted by molar-refractivity contribution is 0.0732. The minimum atomic E-state index is -3.28. The molecule has 0 bridgehead atoms. The first-order valence-corrected chi connectivity index (χ1v) is 9.79. The third kappa shape index (κ3) is 3.54. The number of ether oxygens (including phenoxy) is 1. The molecule has 6 heteroatoms. The second kappa shape index (κ2) is 6.52. The predicted octanol–water partition coefficient (Wildman–Crippen LogP) is 3.37. The number of hydrogen-bond acceptors (Lipinski definition) is 4. The molecule has 1 aliphatic heterocycles. The van der Waals surface area contributed by atoms with Crippen molar-refractivity contribution in [1.82, 2.24) is 0 Å². The molecule has 5 nitrogen and oxygen atoms in total. The van der Waals surface area contributed by atoms with Gasteiger partial charge in [0.2, 0.25) is 10.0 Å². The van der Waals surface area contributed by atoms with Crippen molar-refractivity contribution in [3.63, 3.8) is 0 Å². The topological polar surface area (TPSA) is 63.7 Å². The van der Waals surface area contributed by atoms with E-state index in [-0.39, 0.29) is 5.75 Å². The third-order valence-electron chi connectivity index (χ3n) is 4.27. The molecule has 0 aromatic heterocycles. The molecule has 2 aromatic carbocycles. The fraction of sp³-hybridized carbons (Fsp3) is 0.316. The molecule has 25 heavy (non-hydrogen) atoms. The average Bonchev–Trinajstić information content (AvgIpc) is 2.90. The smallest absolute Gasteiger partial charge is 0.343 e. The van der Waals surface area contributed by atoms with Gasteiger partial charge in [0.05, 0.1) is 17.0 Å². The lowest BCUT2D eigenvalue weighted by Crippen LogP contribution is -2.25. The first-order valence-electron chi connectivity index (χ1n) is 8.18. The molecule has 132 valence electrons. The van der Waals surface area contributed by atoms with Gasteiger partial charge in [-0.05, 0) is 56.5 Å². The van der Waals surface area contributed by atoms with Gasteiger partial charge >= 0.3 is 5.97 Å². The standard InChI is InChI=1S/C19H21NO4S/c1-13-10-14(2)18(15(3)11-13)24-19(21)16-6-4-7-17(12-16)20-8-5-9-25(20,22)23/h4,6-7,10-12H,5,8-9H2,1-3H3. The predicted molar refractivity (Wildman–Crippen MR) is 97.8 cm³/mol. The minimum absolute atomic E-state index is 0.142. The van der Waals surface area contributed by atoms with Crippen LogP contribution in [0.1, 0.15) is 33.5 Å². The Kier molecular flexibility index (Phi) is 4.56. The van der Waals surface area contributed by atoms with Crippen molar-refractivity contribution in [3.8, 4) is 5.75 Å².